The van der Waals surface area contributed by atoms with Crippen LogP contribution in [0.5, 0.6) is 11.5 Å². The first-order valence-electron chi connectivity index (χ1n) is 8.77. The molecule has 2 heterocycles. The molecule has 1 aromatic heterocycles. The predicted octanol–water partition coefficient (Wildman–Crippen LogP) is 4.73. The Balaban J connectivity index is 1.94. The normalized spacial score (nSPS) is 12.8. The highest BCUT2D eigenvalue weighted by Gasteiger charge is 2.21. The van der Waals surface area contributed by atoms with Gasteiger partial charge in [0.1, 0.15) is 18.0 Å². The van der Waals surface area contributed by atoms with Gasteiger partial charge in [-0.05, 0) is 25.1 Å². The van der Waals surface area contributed by atoms with Crippen molar-refractivity contribution >= 4 is 11.6 Å². The fourth-order valence-corrected chi connectivity index (χ4v) is 3.18. The molecule has 0 saturated carbocycles. The molecular formula is C22H20N2O3. The molecule has 1 aliphatic rings. The van der Waals surface area contributed by atoms with Crippen LogP contribution in [0.25, 0.3) is 11.1 Å². The van der Waals surface area contributed by atoms with Crippen molar-refractivity contribution in [3.8, 4) is 22.6 Å². The van der Waals surface area contributed by atoms with E-state index in [9.17, 15) is 4.79 Å². The van der Waals surface area contributed by atoms with Crippen molar-refractivity contribution in [2.75, 3.05) is 0 Å². The number of aromatic nitrogens is 1. The fraction of sp³-hybridized carbons (Fsp3) is 0.182. The quantitative estimate of drug-likeness (QED) is 0.678. The number of pyridine rings is 1. The van der Waals surface area contributed by atoms with Crippen LogP contribution >= 0.6 is 0 Å². The van der Waals surface area contributed by atoms with Gasteiger partial charge < -0.3 is 14.0 Å². The van der Waals surface area contributed by atoms with Crippen LogP contribution in [0.4, 0.5) is 5.69 Å². The van der Waals surface area contributed by atoms with E-state index in [0.29, 0.717) is 23.8 Å². The van der Waals surface area contributed by atoms with E-state index in [1.165, 1.54) is 0 Å². The van der Waals surface area contributed by atoms with Crippen LogP contribution in [-0.4, -0.2) is 10.5 Å². The molecule has 0 spiro atoms. The second-order valence-corrected chi connectivity index (χ2v) is 6.61. The van der Waals surface area contributed by atoms with Gasteiger partial charge in [-0.2, -0.15) is 0 Å². The lowest BCUT2D eigenvalue weighted by molar-refractivity contribution is 0.283. The van der Waals surface area contributed by atoms with Crippen molar-refractivity contribution in [2.45, 2.75) is 20.5 Å². The van der Waals surface area contributed by atoms with Gasteiger partial charge in [0, 0.05) is 42.4 Å². The maximum atomic E-state index is 12.1. The summed E-state index contributed by atoms with van der Waals surface area (Å²) in [5.41, 5.74) is 4.20. The third-order valence-corrected chi connectivity index (χ3v) is 4.56. The van der Waals surface area contributed by atoms with Gasteiger partial charge in [-0.1, -0.05) is 30.3 Å². The minimum Gasteiger partial charge on any atom is -0.476 e. The molecule has 5 heteroatoms. The molecule has 1 aliphatic heterocycles. The first kappa shape index (κ1) is 17.1. The average molecular weight is 360 g/mol. The van der Waals surface area contributed by atoms with Gasteiger partial charge in [0.15, 0.2) is 11.6 Å². The van der Waals surface area contributed by atoms with Crippen molar-refractivity contribution in [2.24, 2.45) is 12.0 Å². The standard InChI is InChI=1S/C22H20N2O3/c1-14-11-17(12-24(3)22(14)25)19-10-9-16-13-26-15(2)23-20(16)21(19)27-18-7-5-4-6-8-18/h4-12H,13H2,1-3H3. The first-order valence-corrected chi connectivity index (χ1v) is 8.77. The number of aryl methyl sites for hydroxylation is 2. The topological polar surface area (TPSA) is 52.8 Å². The van der Waals surface area contributed by atoms with E-state index in [2.05, 4.69) is 4.99 Å². The summed E-state index contributed by atoms with van der Waals surface area (Å²) in [7, 11) is 1.76. The number of para-hydroxylation sites is 1. The molecule has 0 bridgehead atoms. The predicted molar refractivity (Wildman–Crippen MR) is 106 cm³/mol. The number of benzene rings is 2. The SMILES string of the molecule is CC1=Nc2c(ccc(-c3cc(C)c(=O)n(C)c3)c2Oc2ccccc2)CO1. The first-order chi connectivity index (χ1) is 13.0. The average Bonchev–Trinajstić information content (AvgIpc) is 2.67. The molecule has 0 unspecified atom stereocenters. The third kappa shape index (κ3) is 3.24. The number of hydrogen-bond donors (Lipinski definition) is 0. The number of rotatable bonds is 3. The fourth-order valence-electron chi connectivity index (χ4n) is 3.18. The van der Waals surface area contributed by atoms with Crippen molar-refractivity contribution in [1.82, 2.24) is 4.57 Å². The van der Waals surface area contributed by atoms with Gasteiger partial charge in [0.2, 0.25) is 0 Å². The summed E-state index contributed by atoms with van der Waals surface area (Å²) in [6.07, 6.45) is 1.82. The number of fused-ring (bicyclic) bond motifs is 1. The zero-order valence-electron chi connectivity index (χ0n) is 15.5. The molecule has 3 aromatic rings. The van der Waals surface area contributed by atoms with E-state index < -0.39 is 0 Å². The summed E-state index contributed by atoms with van der Waals surface area (Å²) in [4.78, 5) is 16.7. The minimum atomic E-state index is -0.00972. The van der Waals surface area contributed by atoms with Crippen LogP contribution in [0.15, 0.2) is 64.5 Å². The van der Waals surface area contributed by atoms with Crippen LogP contribution in [0.2, 0.25) is 0 Å². The molecule has 4 rings (SSSR count). The summed E-state index contributed by atoms with van der Waals surface area (Å²) in [5.74, 6) is 2.00. The summed E-state index contributed by atoms with van der Waals surface area (Å²) < 4.78 is 13.4. The van der Waals surface area contributed by atoms with Gasteiger partial charge in [-0.3, -0.25) is 4.79 Å². The lowest BCUT2D eigenvalue weighted by atomic mass is 10.0. The molecule has 0 atom stereocenters. The van der Waals surface area contributed by atoms with E-state index in [4.69, 9.17) is 9.47 Å². The van der Waals surface area contributed by atoms with Crippen LogP contribution in [0.1, 0.15) is 18.1 Å². The smallest absolute Gasteiger partial charge is 0.253 e. The number of aliphatic imine (C=N–C) groups is 1. The Morgan fingerprint density at radius 2 is 1.89 bits per heavy atom. The molecule has 2 aromatic carbocycles. The molecule has 27 heavy (non-hydrogen) atoms. The van der Waals surface area contributed by atoms with Crippen LogP contribution in [0, 0.1) is 6.92 Å². The second-order valence-electron chi connectivity index (χ2n) is 6.61. The maximum absolute atomic E-state index is 12.1. The van der Waals surface area contributed by atoms with E-state index in [0.717, 1.165) is 28.1 Å². The molecule has 0 fully saturated rings. The Bertz CT molecular complexity index is 1070. The largest absolute Gasteiger partial charge is 0.476 e. The van der Waals surface area contributed by atoms with E-state index in [-0.39, 0.29) is 5.56 Å². The highest BCUT2D eigenvalue weighted by Crippen LogP contribution is 2.44. The van der Waals surface area contributed by atoms with Crippen LogP contribution in [-0.2, 0) is 18.4 Å². The Labute approximate surface area is 157 Å². The maximum Gasteiger partial charge on any atom is 0.253 e. The van der Waals surface area contributed by atoms with Crippen LogP contribution < -0.4 is 10.3 Å². The van der Waals surface area contributed by atoms with Crippen molar-refractivity contribution in [1.29, 1.82) is 0 Å². The molecule has 0 aliphatic carbocycles. The zero-order chi connectivity index (χ0) is 19.0. The highest BCUT2D eigenvalue weighted by molar-refractivity contribution is 5.86. The Kier molecular flexibility index (Phi) is 4.28. The van der Waals surface area contributed by atoms with Gasteiger partial charge in [-0.15, -0.1) is 0 Å². The van der Waals surface area contributed by atoms with E-state index in [1.807, 2.05) is 68.6 Å². The van der Waals surface area contributed by atoms with Crippen molar-refractivity contribution in [3.05, 3.63) is 76.2 Å². The van der Waals surface area contributed by atoms with Gasteiger partial charge >= 0.3 is 0 Å². The monoisotopic (exact) mass is 360 g/mol. The van der Waals surface area contributed by atoms with E-state index in [1.54, 1.807) is 11.6 Å². The molecule has 136 valence electrons. The second kappa shape index (κ2) is 6.76. The molecule has 0 N–H and O–H groups in total. The minimum absolute atomic E-state index is 0.00972. The number of hydrogen-bond acceptors (Lipinski definition) is 4. The summed E-state index contributed by atoms with van der Waals surface area (Å²) in [6.45, 7) is 4.11. The molecule has 0 amide bonds. The third-order valence-electron chi connectivity index (χ3n) is 4.56. The Morgan fingerprint density at radius 1 is 1.11 bits per heavy atom. The summed E-state index contributed by atoms with van der Waals surface area (Å²) in [5, 5.41) is 0. The van der Waals surface area contributed by atoms with Crippen molar-refractivity contribution in [3.63, 3.8) is 0 Å². The number of nitrogens with zero attached hydrogens (tertiary/aromatic N) is 2. The molecular weight excluding hydrogens is 340 g/mol. The van der Waals surface area contributed by atoms with Gasteiger partial charge in [0.25, 0.3) is 5.56 Å². The molecule has 0 radical (unpaired) electrons. The molecule has 0 saturated heterocycles. The Morgan fingerprint density at radius 3 is 2.63 bits per heavy atom. The van der Waals surface area contributed by atoms with Gasteiger partial charge in [-0.25, -0.2) is 4.99 Å². The van der Waals surface area contributed by atoms with Crippen molar-refractivity contribution < 1.29 is 9.47 Å². The number of ether oxygens (including phenoxy) is 2. The molecule has 5 nitrogen and oxygen atoms in total. The summed E-state index contributed by atoms with van der Waals surface area (Å²) >= 11 is 0. The summed E-state index contributed by atoms with van der Waals surface area (Å²) in [6, 6.07) is 15.5. The Hall–Kier alpha value is -3.34. The zero-order valence-corrected chi connectivity index (χ0v) is 15.5. The lowest BCUT2D eigenvalue weighted by Gasteiger charge is -2.21. The van der Waals surface area contributed by atoms with Gasteiger partial charge in [0.05, 0.1) is 0 Å². The van der Waals surface area contributed by atoms with E-state index >= 15 is 0 Å². The highest BCUT2D eigenvalue weighted by atomic mass is 16.5. The van der Waals surface area contributed by atoms with Crippen LogP contribution in [0.3, 0.4) is 0 Å². The lowest BCUT2D eigenvalue weighted by Crippen LogP contribution is -2.18.